The molecule has 698 valence electrons. The summed E-state index contributed by atoms with van der Waals surface area (Å²) >= 11 is 11.0. The molecule has 42 heteroatoms. The van der Waals surface area contributed by atoms with Gasteiger partial charge in [-0.2, -0.15) is 0 Å². The summed E-state index contributed by atoms with van der Waals surface area (Å²) < 4.78 is 147. The normalized spacial score (nSPS) is 19.4. The third kappa shape index (κ3) is 19.2. The zero-order valence-corrected chi connectivity index (χ0v) is 78.6. The minimum Gasteiger partial charge on any atom is -0.484 e. The molecule has 4 spiro atoms. The van der Waals surface area contributed by atoms with Crippen molar-refractivity contribution in [2.45, 2.75) is 100 Å². The van der Waals surface area contributed by atoms with E-state index in [1.54, 1.807) is 127 Å². The van der Waals surface area contributed by atoms with Crippen LogP contribution in [0.5, 0.6) is 0 Å². The smallest absolute Gasteiger partial charge is 0.331 e. The maximum absolute atomic E-state index is 13.1. The first-order valence-electron chi connectivity index (χ1n) is 42.2. The first kappa shape index (κ1) is 94.5. The van der Waals surface area contributed by atoms with Crippen molar-refractivity contribution in [2.24, 2.45) is 0 Å². The van der Waals surface area contributed by atoms with E-state index in [1.807, 2.05) is 11.6 Å². The maximum atomic E-state index is 13.1. The van der Waals surface area contributed by atoms with Gasteiger partial charge in [0.1, 0.15) is 70.9 Å². The van der Waals surface area contributed by atoms with Gasteiger partial charge < -0.3 is 38.5 Å². The molecule has 4 aliphatic carbocycles. The molecule has 0 bridgehead atoms. The molecule has 0 aromatic heterocycles. The summed E-state index contributed by atoms with van der Waals surface area (Å²) in [5.41, 5.74) is 2.15. The zero-order chi connectivity index (χ0) is 95.5. The minimum atomic E-state index is -4.14. The predicted molar refractivity (Wildman–Crippen MR) is 497 cm³/mol. The average Bonchev–Trinajstić information content (AvgIpc) is 0.752. The summed E-state index contributed by atoms with van der Waals surface area (Å²) in [6.45, 7) is 4.08. The number of nitrogens with zero attached hydrogens (tertiary/aromatic N) is 4. The predicted octanol–water partition coefficient (Wildman–Crippen LogP) is 12.4. The van der Waals surface area contributed by atoms with Crippen LogP contribution >= 0.6 is 58.6 Å². The standard InChI is InChI=1S/C24H22N2O6S2.C23H19ClN2O6S2.C23H19FN2O6S2.C23H20N2O6S2/c1-15-6-8-16(9-7-15)34(30,31)25-23(29)26-12-10-24(11-13-26)14-33-22-20(28)19(27)17-4-2-3-5-18(17)21(22)32-24;2*24-14-5-7-15(8-6-14)34(30,31)25-22(29)26-11-9-23(10-12-26)13-33-21-19(28)18(27)16-3-1-2-4-17(16)20(21)32-23;26-18-16-8-4-5-9-17(16)20-21(19(18)27)32-14-23(31-20)10-12-25(13-11-23)22(28)24-33(29,30)15-6-2-1-3-7-15/h2-9H,10-14H2,1H3,(H,25,29);2*1-8H,9-13H2,(H,25,29);1-9H,10-14H2,(H,24,28). The molecular formula is C93H80ClFN8O24S8. The van der Waals surface area contributed by atoms with Gasteiger partial charge in [-0.15, -0.1) is 47.0 Å². The number of benzene rings is 8. The second kappa shape index (κ2) is 37.5. The van der Waals surface area contributed by atoms with Crippen molar-refractivity contribution in [3.63, 3.8) is 0 Å². The molecule has 4 saturated heterocycles. The lowest BCUT2D eigenvalue weighted by molar-refractivity contribution is -0.112. The van der Waals surface area contributed by atoms with Crippen LogP contribution in [0.15, 0.2) is 239 Å². The van der Waals surface area contributed by atoms with Crippen LogP contribution in [0.1, 0.15) is 121 Å². The number of aryl methyl sites for hydroxylation is 1. The fourth-order valence-corrected chi connectivity index (χ4v) is 26.1. The van der Waals surface area contributed by atoms with E-state index in [0.29, 0.717) is 193 Å². The van der Waals surface area contributed by atoms with Crippen LogP contribution in [-0.4, -0.2) is 221 Å². The highest BCUT2D eigenvalue weighted by Crippen LogP contribution is 2.53. The quantitative estimate of drug-likeness (QED) is 0.103. The highest BCUT2D eigenvalue weighted by Gasteiger charge is 2.53. The Kier molecular flexibility index (Phi) is 26.2. The molecule has 0 saturated carbocycles. The van der Waals surface area contributed by atoms with Crippen molar-refractivity contribution in [3.05, 3.63) is 281 Å². The van der Waals surface area contributed by atoms with E-state index in [1.165, 1.54) is 115 Å². The maximum Gasteiger partial charge on any atom is 0.331 e. The monoisotopic (exact) mass is 2000 g/mol. The topological polar surface area (TPSA) is 439 Å². The molecular weight excluding hydrogens is 1920 g/mol. The Balaban J connectivity index is 0.000000125. The van der Waals surface area contributed by atoms with E-state index >= 15 is 0 Å². The molecule has 8 aromatic carbocycles. The van der Waals surface area contributed by atoms with Crippen molar-refractivity contribution in [1.29, 1.82) is 0 Å². The van der Waals surface area contributed by atoms with Gasteiger partial charge in [0, 0.05) is 176 Å². The third-order valence-corrected chi connectivity index (χ3v) is 35.6. The van der Waals surface area contributed by atoms with Crippen LogP contribution in [0.25, 0.3) is 23.0 Å². The van der Waals surface area contributed by atoms with E-state index in [-0.39, 0.29) is 45.8 Å². The minimum absolute atomic E-state index is 0.0217. The van der Waals surface area contributed by atoms with Gasteiger partial charge in [0.25, 0.3) is 40.1 Å². The van der Waals surface area contributed by atoms with E-state index in [2.05, 4.69) is 14.2 Å². The molecule has 8 aromatic rings. The first-order chi connectivity index (χ1) is 64.4. The van der Waals surface area contributed by atoms with Crippen molar-refractivity contribution < 1.29 is 115 Å². The summed E-state index contributed by atoms with van der Waals surface area (Å²) in [4.78, 5) is 157. The van der Waals surface area contributed by atoms with Crippen LogP contribution in [0, 0.1) is 12.7 Å². The lowest BCUT2D eigenvalue weighted by Gasteiger charge is -2.45. The van der Waals surface area contributed by atoms with E-state index in [0.717, 1.165) is 29.8 Å². The number of Topliss-reactive ketones (excluding diaryl/α,β-unsaturated/α-hetero) is 8. The van der Waals surface area contributed by atoms with Gasteiger partial charge in [-0.05, 0) is 79.7 Å². The SMILES string of the molecule is Cc1ccc(S(=O)(=O)NC(=O)N2CCC3(CC2)CSC2=C(O3)c3ccccc3C(=O)C2=O)cc1.O=C1C(=O)c2ccccc2C2=C1SCC1(CCN(C(=O)NS(=O)(=O)c3ccc(Cl)cc3)CC1)O2.O=C1C(=O)c2ccccc2C2=C1SCC1(CCN(C(=O)NS(=O)(=O)c3ccc(F)cc3)CC1)O2.O=C1C(=O)c2ccccc2C2=C1SCC1(CCN(C(=O)NS(=O)(=O)c3ccccc3)CC1)O2. The molecule has 20 rings (SSSR count). The number of allylic oxidation sites excluding steroid dienone is 4. The lowest BCUT2D eigenvalue weighted by atomic mass is 9.90. The number of nitrogens with one attached hydrogen (secondary N) is 4. The Hall–Kier alpha value is -12.2. The number of likely N-dealkylation sites (tertiary alicyclic amines) is 4. The molecule has 12 aliphatic rings. The van der Waals surface area contributed by atoms with E-state index in [4.69, 9.17) is 30.5 Å². The number of carbonyl (C=O) groups is 12. The van der Waals surface area contributed by atoms with Gasteiger partial charge in [-0.25, -0.2) is 76.1 Å². The number of halogens is 2. The summed E-state index contributed by atoms with van der Waals surface area (Å²) in [7, 11) is -16.1. The number of hydrogen-bond acceptors (Lipinski definition) is 28. The number of ether oxygens (including phenoxy) is 4. The molecule has 0 atom stereocenters. The fourth-order valence-electron chi connectivity index (χ4n) is 17.0. The lowest BCUT2D eigenvalue weighted by Crippen LogP contribution is -2.53. The van der Waals surface area contributed by atoms with Gasteiger partial charge in [-0.3, -0.25) is 38.4 Å². The zero-order valence-electron chi connectivity index (χ0n) is 71.3. The summed E-state index contributed by atoms with van der Waals surface area (Å²) in [5.74, 6) is -1.42. The fraction of sp³-hybridized carbons (Fsp3) is 0.269. The van der Waals surface area contributed by atoms with Crippen LogP contribution in [-0.2, 0) is 78.2 Å². The van der Waals surface area contributed by atoms with E-state index < -0.39 is 139 Å². The number of thioether (sulfide) groups is 4. The van der Waals surface area contributed by atoms with Gasteiger partial charge in [-0.1, -0.05) is 145 Å². The van der Waals surface area contributed by atoms with Gasteiger partial charge in [0.2, 0.25) is 46.3 Å². The Bertz CT molecular complexity index is 6490. The highest BCUT2D eigenvalue weighted by molar-refractivity contribution is 8.05. The molecule has 0 radical (unpaired) electrons. The molecule has 8 heterocycles. The Morgan fingerprint density at radius 3 is 0.748 bits per heavy atom. The van der Waals surface area contributed by atoms with Crippen LogP contribution in [0.2, 0.25) is 5.02 Å². The number of amides is 8. The number of fused-ring (bicyclic) bond motifs is 8. The number of hydrogen-bond donors (Lipinski definition) is 4. The number of piperidine rings is 4. The highest BCUT2D eigenvalue weighted by atomic mass is 35.5. The van der Waals surface area contributed by atoms with Crippen molar-refractivity contribution in [1.82, 2.24) is 38.5 Å². The number of carbonyl (C=O) groups excluding carboxylic acids is 12. The van der Waals surface area contributed by atoms with Crippen molar-refractivity contribution in [2.75, 3.05) is 75.4 Å². The van der Waals surface area contributed by atoms with Gasteiger partial charge in [0.15, 0.2) is 0 Å². The van der Waals surface area contributed by atoms with Gasteiger partial charge in [0.05, 0.1) is 19.6 Å². The van der Waals surface area contributed by atoms with Crippen LogP contribution < -0.4 is 18.9 Å². The number of sulfonamides is 4. The molecule has 4 fully saturated rings. The molecule has 4 N–H and O–H groups in total. The second-order valence-electron chi connectivity index (χ2n) is 33.4. The second-order valence-corrected chi connectivity index (χ2v) is 44.5. The summed E-state index contributed by atoms with van der Waals surface area (Å²) in [6.07, 6.45) is 3.64. The largest absolute Gasteiger partial charge is 0.484 e. The van der Waals surface area contributed by atoms with E-state index in [9.17, 15) is 95.6 Å². The molecule has 8 amide bonds. The number of urea groups is 4. The Morgan fingerprint density at radius 2 is 0.504 bits per heavy atom. The van der Waals surface area contributed by atoms with Crippen molar-refractivity contribution in [3.8, 4) is 0 Å². The van der Waals surface area contributed by atoms with Gasteiger partial charge >= 0.3 is 24.1 Å². The Labute approximate surface area is 795 Å². The molecule has 0 unspecified atom stereocenters. The Morgan fingerprint density at radius 1 is 0.296 bits per heavy atom. The first-order valence-corrected chi connectivity index (χ1v) is 52.5. The van der Waals surface area contributed by atoms with Crippen LogP contribution in [0.3, 0.4) is 0 Å². The molecule has 8 aliphatic heterocycles. The third-order valence-electron chi connectivity index (χ3n) is 24.7. The summed E-state index contributed by atoms with van der Waals surface area (Å²) in [6, 6.07) is 48.3. The average molecular weight is 2000 g/mol. The number of ketones is 8. The molecule has 135 heavy (non-hydrogen) atoms. The van der Waals surface area contributed by atoms with Crippen LogP contribution in [0.4, 0.5) is 23.6 Å². The molecule has 32 nitrogen and oxygen atoms in total. The van der Waals surface area contributed by atoms with Crippen molar-refractivity contribution >= 4 is 192 Å². The number of rotatable bonds is 8. The summed E-state index contributed by atoms with van der Waals surface area (Å²) in [5, 5.41) is 0.391.